The minimum absolute atomic E-state index is 0.175. The number of ether oxygens (including phenoxy) is 3. The summed E-state index contributed by atoms with van der Waals surface area (Å²) in [4.78, 5) is 12.2. The summed E-state index contributed by atoms with van der Waals surface area (Å²) in [5.74, 6) is 0. The van der Waals surface area contributed by atoms with E-state index in [1.54, 1.807) is 6.20 Å². The zero-order chi connectivity index (χ0) is 26.7. The van der Waals surface area contributed by atoms with Gasteiger partial charge < -0.3 is 24.6 Å². The molecule has 0 aliphatic carbocycles. The van der Waals surface area contributed by atoms with Crippen molar-refractivity contribution >= 4 is 6.29 Å². The van der Waals surface area contributed by atoms with Crippen LogP contribution < -0.4 is 5.32 Å². The van der Waals surface area contributed by atoms with Crippen molar-refractivity contribution in [3.05, 3.63) is 11.8 Å². The Hall–Kier alpha value is -0.950. The van der Waals surface area contributed by atoms with Gasteiger partial charge in [0, 0.05) is 38.1 Å². The van der Waals surface area contributed by atoms with E-state index in [9.17, 15) is 9.90 Å². The van der Waals surface area contributed by atoms with E-state index in [0.717, 1.165) is 77.0 Å². The van der Waals surface area contributed by atoms with E-state index >= 15 is 0 Å². The Labute approximate surface area is 222 Å². The van der Waals surface area contributed by atoms with Crippen LogP contribution in [0.5, 0.6) is 0 Å². The molecule has 0 amide bonds. The Morgan fingerprint density at radius 1 is 0.722 bits per heavy atom. The second-order valence-corrected chi connectivity index (χ2v) is 9.87. The van der Waals surface area contributed by atoms with Crippen molar-refractivity contribution in [3.8, 4) is 0 Å². The molecule has 0 aromatic rings. The monoisotopic (exact) mass is 513 g/mol. The van der Waals surface area contributed by atoms with Crippen LogP contribution in [0.4, 0.5) is 0 Å². The van der Waals surface area contributed by atoms with Gasteiger partial charge in [0.25, 0.3) is 0 Å². The van der Waals surface area contributed by atoms with Crippen LogP contribution in [-0.2, 0) is 19.0 Å². The van der Waals surface area contributed by atoms with Gasteiger partial charge in [-0.1, -0.05) is 98.3 Å². The van der Waals surface area contributed by atoms with Crippen LogP contribution >= 0.6 is 0 Å². The number of hydrogen-bond donors (Lipinski definition) is 2. The second kappa shape index (κ2) is 27.1. The number of aliphatic hydroxyl groups excluding tert-OH is 1. The lowest BCUT2D eigenvalue weighted by Gasteiger charge is -2.31. The molecule has 0 aromatic carbocycles. The molecular weight excluding hydrogens is 454 g/mol. The number of carbonyl (C=O) groups excluding carboxylic acids is 1. The summed E-state index contributed by atoms with van der Waals surface area (Å²) < 4.78 is 18.2. The highest BCUT2D eigenvalue weighted by atomic mass is 16.6. The normalized spacial score (nSPS) is 14.5. The lowest BCUT2D eigenvalue weighted by molar-refractivity contribution is -0.132. The molecule has 0 bridgehead atoms. The van der Waals surface area contributed by atoms with Gasteiger partial charge in [0.15, 0.2) is 0 Å². The minimum atomic E-state index is -0.869. The Morgan fingerprint density at radius 2 is 1.25 bits per heavy atom. The van der Waals surface area contributed by atoms with Gasteiger partial charge in [0.2, 0.25) is 0 Å². The Kier molecular flexibility index (Phi) is 26.4. The van der Waals surface area contributed by atoms with Crippen LogP contribution in [0, 0.1) is 0 Å². The molecule has 0 fully saturated rings. The average Bonchev–Trinajstić information content (AvgIpc) is 2.89. The number of nitrogens with one attached hydrogen (secondary N) is 1. The summed E-state index contributed by atoms with van der Waals surface area (Å²) in [5.41, 5.74) is 0.489. The van der Waals surface area contributed by atoms with Crippen LogP contribution in [0.1, 0.15) is 124 Å². The van der Waals surface area contributed by atoms with Crippen LogP contribution in [0.3, 0.4) is 0 Å². The zero-order valence-corrected chi connectivity index (χ0v) is 24.1. The molecule has 0 heterocycles. The standard InChI is InChI=1S/C30H59NO5/c1-5-9-13-14-15-16-20-31-24-27(25-32)29(35-22-18-11-7-3)30(36-23-19-12-8-4)28(33)26-34-21-17-10-6-2/h24-25,28-31,33H,5-23,26H2,1-4H3/b27-24-/t28-,29-,30-/m1/s1. The van der Waals surface area contributed by atoms with Gasteiger partial charge in [-0.25, -0.2) is 0 Å². The van der Waals surface area contributed by atoms with Crippen LogP contribution in [-0.4, -0.2) is 62.7 Å². The van der Waals surface area contributed by atoms with Crippen LogP contribution in [0.15, 0.2) is 11.8 Å². The SMILES string of the molecule is CCCCCCCCN/C=C(/C=O)[C@@H](OCCCCC)[C@H](OCCCCC)[C@H](O)COCCCCC. The molecule has 0 saturated heterocycles. The van der Waals surface area contributed by atoms with Crippen molar-refractivity contribution in [2.45, 2.75) is 142 Å². The Morgan fingerprint density at radius 3 is 1.86 bits per heavy atom. The van der Waals surface area contributed by atoms with Crippen molar-refractivity contribution in [2.75, 3.05) is 33.0 Å². The van der Waals surface area contributed by atoms with Crippen LogP contribution in [0.25, 0.3) is 0 Å². The van der Waals surface area contributed by atoms with Crippen molar-refractivity contribution in [2.24, 2.45) is 0 Å². The number of rotatable bonds is 28. The third-order valence-electron chi connectivity index (χ3n) is 6.37. The molecule has 0 spiro atoms. The molecule has 6 heteroatoms. The van der Waals surface area contributed by atoms with Crippen LogP contribution in [0.2, 0.25) is 0 Å². The van der Waals surface area contributed by atoms with Gasteiger partial charge in [-0.05, 0) is 25.7 Å². The smallest absolute Gasteiger partial charge is 0.150 e. The number of aliphatic hydroxyl groups is 1. The average molecular weight is 514 g/mol. The highest BCUT2D eigenvalue weighted by molar-refractivity contribution is 5.74. The first kappa shape index (κ1) is 35.0. The van der Waals surface area contributed by atoms with Gasteiger partial charge in [-0.15, -0.1) is 0 Å². The quantitative estimate of drug-likeness (QED) is 0.0685. The topological polar surface area (TPSA) is 77.0 Å². The first-order valence-corrected chi connectivity index (χ1v) is 15.0. The molecule has 0 aliphatic rings. The summed E-state index contributed by atoms with van der Waals surface area (Å²) in [5, 5.41) is 14.4. The van der Waals surface area contributed by atoms with Crippen molar-refractivity contribution in [1.29, 1.82) is 0 Å². The number of unbranched alkanes of at least 4 members (excludes halogenated alkanes) is 11. The molecule has 0 rings (SSSR count). The summed E-state index contributed by atoms with van der Waals surface area (Å²) in [6, 6.07) is 0. The predicted molar refractivity (Wildman–Crippen MR) is 150 cm³/mol. The van der Waals surface area contributed by atoms with E-state index in [0.29, 0.717) is 25.4 Å². The fourth-order valence-corrected chi connectivity index (χ4v) is 4.05. The van der Waals surface area contributed by atoms with Gasteiger partial charge in [0.05, 0.1) is 6.61 Å². The molecule has 6 nitrogen and oxygen atoms in total. The molecule has 214 valence electrons. The number of carbonyl (C=O) groups is 1. The summed E-state index contributed by atoms with van der Waals surface area (Å²) in [7, 11) is 0. The third kappa shape index (κ3) is 19.2. The fraction of sp³-hybridized carbons (Fsp3) is 0.900. The van der Waals surface area contributed by atoms with Crippen molar-refractivity contribution in [1.82, 2.24) is 5.32 Å². The lowest BCUT2D eigenvalue weighted by atomic mass is 10.0. The Bertz CT molecular complexity index is 500. The molecule has 0 aromatic heterocycles. The molecule has 36 heavy (non-hydrogen) atoms. The first-order chi connectivity index (χ1) is 17.7. The van der Waals surface area contributed by atoms with Gasteiger partial charge in [-0.2, -0.15) is 0 Å². The summed E-state index contributed by atoms with van der Waals surface area (Å²) in [6.45, 7) is 11.3. The number of aldehydes is 1. The molecule has 0 aliphatic heterocycles. The second-order valence-electron chi connectivity index (χ2n) is 9.87. The Balaban J connectivity index is 5.26. The van der Waals surface area contributed by atoms with E-state index in [1.165, 1.54) is 32.1 Å². The molecule has 2 N–H and O–H groups in total. The highest BCUT2D eigenvalue weighted by Gasteiger charge is 2.33. The van der Waals surface area contributed by atoms with E-state index in [1.807, 2.05) is 0 Å². The largest absolute Gasteiger partial charge is 0.390 e. The first-order valence-electron chi connectivity index (χ1n) is 15.0. The van der Waals surface area contributed by atoms with Crippen molar-refractivity contribution < 1.29 is 24.1 Å². The van der Waals surface area contributed by atoms with E-state index < -0.39 is 18.3 Å². The molecule has 0 radical (unpaired) electrons. The summed E-state index contributed by atoms with van der Waals surface area (Å²) >= 11 is 0. The zero-order valence-electron chi connectivity index (χ0n) is 24.1. The summed E-state index contributed by atoms with van der Waals surface area (Å²) in [6.07, 6.45) is 17.1. The van der Waals surface area contributed by atoms with E-state index in [-0.39, 0.29) is 6.61 Å². The van der Waals surface area contributed by atoms with E-state index in [2.05, 4.69) is 33.0 Å². The maximum absolute atomic E-state index is 12.2. The molecular formula is C30H59NO5. The number of hydrogen-bond acceptors (Lipinski definition) is 6. The minimum Gasteiger partial charge on any atom is -0.390 e. The predicted octanol–water partition coefficient (Wildman–Crippen LogP) is 6.74. The molecule has 3 atom stereocenters. The van der Waals surface area contributed by atoms with Crippen molar-refractivity contribution in [3.63, 3.8) is 0 Å². The third-order valence-corrected chi connectivity index (χ3v) is 6.37. The van der Waals surface area contributed by atoms with E-state index in [4.69, 9.17) is 14.2 Å². The molecule has 0 saturated carbocycles. The van der Waals surface area contributed by atoms with Gasteiger partial charge >= 0.3 is 0 Å². The van der Waals surface area contributed by atoms with Gasteiger partial charge in [-0.3, -0.25) is 4.79 Å². The maximum Gasteiger partial charge on any atom is 0.150 e. The maximum atomic E-state index is 12.2. The lowest BCUT2D eigenvalue weighted by Crippen LogP contribution is -2.45. The highest BCUT2D eigenvalue weighted by Crippen LogP contribution is 2.19. The fourth-order valence-electron chi connectivity index (χ4n) is 4.05. The molecule has 0 unspecified atom stereocenters. The van der Waals surface area contributed by atoms with Gasteiger partial charge in [0.1, 0.15) is 24.6 Å².